The van der Waals surface area contributed by atoms with Crippen LogP contribution in [0.1, 0.15) is 27.7 Å². The Hall–Kier alpha value is -1.09. The highest BCUT2D eigenvalue weighted by Gasteiger charge is 2.15. The van der Waals surface area contributed by atoms with Crippen LogP contribution in [0.5, 0.6) is 5.06 Å². The summed E-state index contributed by atoms with van der Waals surface area (Å²) in [6.07, 6.45) is 1.64. The number of thiophene rings is 1. The van der Waals surface area contributed by atoms with Crippen molar-refractivity contribution in [1.29, 1.82) is 0 Å². The Labute approximate surface area is 75.2 Å². The Morgan fingerprint density at radius 2 is 2.25 bits per heavy atom. The molecule has 0 aliphatic carbocycles. The number of hydrogen-bond acceptors (Lipinski definition) is 3. The number of carbonyl (C=O) groups excluding carboxylic acids is 1. The van der Waals surface area contributed by atoms with Crippen molar-refractivity contribution < 1.29 is 9.90 Å². The third-order valence-electron chi connectivity index (χ3n) is 1.70. The maximum atomic E-state index is 11.0. The van der Waals surface area contributed by atoms with E-state index < -0.39 is 0 Å². The summed E-state index contributed by atoms with van der Waals surface area (Å²) in [5.74, 6) is -0.102. The van der Waals surface area contributed by atoms with Gasteiger partial charge in [0.15, 0.2) is 10.8 Å². The van der Waals surface area contributed by atoms with Gasteiger partial charge in [-0.15, -0.1) is 0 Å². The minimum Gasteiger partial charge on any atom is -0.499 e. The molecule has 0 atom stereocenters. The molecule has 0 aliphatic rings. The lowest BCUT2D eigenvalue weighted by Crippen LogP contribution is -1.92. The summed E-state index contributed by atoms with van der Waals surface area (Å²) >= 11 is 1.19. The van der Waals surface area contributed by atoms with Crippen molar-refractivity contribution in [2.24, 2.45) is 0 Å². The number of hydrogen-bond donors (Lipinski definition) is 1. The third kappa shape index (κ3) is 1.28. The van der Waals surface area contributed by atoms with Gasteiger partial charge in [-0.25, -0.2) is 0 Å². The van der Waals surface area contributed by atoms with Gasteiger partial charge in [-0.3, -0.25) is 4.79 Å². The topological polar surface area (TPSA) is 37.3 Å². The molecule has 0 saturated carbocycles. The lowest BCUT2D eigenvalue weighted by atomic mass is 10.1. The highest BCUT2D eigenvalue weighted by Crippen LogP contribution is 2.34. The van der Waals surface area contributed by atoms with Gasteiger partial charge < -0.3 is 5.11 Å². The van der Waals surface area contributed by atoms with E-state index in [1.807, 2.05) is 6.92 Å². The Balaban J connectivity index is 3.37. The van der Waals surface area contributed by atoms with E-state index in [2.05, 4.69) is 6.58 Å². The zero-order valence-corrected chi connectivity index (χ0v) is 7.86. The van der Waals surface area contributed by atoms with Crippen molar-refractivity contribution in [3.63, 3.8) is 0 Å². The molecule has 12 heavy (non-hydrogen) atoms. The molecule has 0 saturated heterocycles. The van der Waals surface area contributed by atoms with Gasteiger partial charge in [-0.05, 0) is 19.4 Å². The molecule has 0 spiro atoms. The monoisotopic (exact) mass is 182 g/mol. The van der Waals surface area contributed by atoms with Gasteiger partial charge in [-0.1, -0.05) is 24.0 Å². The molecule has 0 aromatic carbocycles. The first-order valence-corrected chi connectivity index (χ1v) is 4.35. The largest absolute Gasteiger partial charge is 0.499 e. The van der Waals surface area contributed by atoms with E-state index >= 15 is 0 Å². The van der Waals surface area contributed by atoms with Crippen LogP contribution in [0.25, 0.3) is 6.08 Å². The second-order valence-corrected chi connectivity index (χ2v) is 3.56. The average molecular weight is 182 g/mol. The summed E-state index contributed by atoms with van der Waals surface area (Å²) in [5, 5.41) is 9.46. The third-order valence-corrected chi connectivity index (χ3v) is 2.79. The second-order valence-electron chi connectivity index (χ2n) is 2.53. The van der Waals surface area contributed by atoms with E-state index in [4.69, 9.17) is 0 Å². The molecule has 1 rings (SSSR count). The van der Waals surface area contributed by atoms with Gasteiger partial charge >= 0.3 is 0 Å². The van der Waals surface area contributed by atoms with Crippen LogP contribution in [0.3, 0.4) is 0 Å². The second kappa shape index (κ2) is 3.11. The average Bonchev–Trinajstić information content (AvgIpc) is 2.25. The van der Waals surface area contributed by atoms with Crippen molar-refractivity contribution in [3.05, 3.63) is 22.6 Å². The van der Waals surface area contributed by atoms with E-state index in [1.54, 1.807) is 6.08 Å². The van der Waals surface area contributed by atoms with Gasteiger partial charge in [0.05, 0.1) is 5.56 Å². The quantitative estimate of drug-likeness (QED) is 0.714. The molecule has 1 N–H and O–H groups in total. The molecule has 0 unspecified atom stereocenters. The first-order valence-electron chi connectivity index (χ1n) is 3.53. The Bertz CT molecular complexity index is 337. The molecule has 0 bridgehead atoms. The fourth-order valence-corrected chi connectivity index (χ4v) is 2.07. The lowest BCUT2D eigenvalue weighted by Gasteiger charge is -1.93. The van der Waals surface area contributed by atoms with Gasteiger partial charge in [0.1, 0.15) is 0 Å². The normalized spacial score (nSPS) is 9.83. The zero-order chi connectivity index (χ0) is 9.30. The molecular formula is C9H10O2S. The molecule has 3 heteroatoms. The number of aromatic hydroxyl groups is 1. The molecule has 0 fully saturated rings. The van der Waals surface area contributed by atoms with E-state index in [1.165, 1.54) is 18.3 Å². The molecule has 0 amide bonds. The number of rotatable bonds is 2. The molecule has 0 radical (unpaired) electrons. The summed E-state index contributed by atoms with van der Waals surface area (Å²) in [7, 11) is 0. The zero-order valence-electron chi connectivity index (χ0n) is 7.05. The van der Waals surface area contributed by atoms with Crippen LogP contribution < -0.4 is 0 Å². The van der Waals surface area contributed by atoms with Crippen LogP contribution in [0, 0.1) is 6.92 Å². The minimum atomic E-state index is -0.102. The molecule has 1 aromatic rings. The predicted octanol–water partition coefficient (Wildman–Crippen LogP) is 2.61. The fraction of sp³-hybridized carbons (Fsp3) is 0.222. The van der Waals surface area contributed by atoms with Crippen molar-refractivity contribution in [3.8, 4) is 5.06 Å². The predicted molar refractivity (Wildman–Crippen MR) is 50.8 cm³/mol. The molecule has 0 aliphatic heterocycles. The Kier molecular flexibility index (Phi) is 2.33. The van der Waals surface area contributed by atoms with Crippen molar-refractivity contribution >= 4 is 23.2 Å². The van der Waals surface area contributed by atoms with E-state index in [0.717, 1.165) is 10.4 Å². The van der Waals surface area contributed by atoms with Gasteiger partial charge in [-0.2, -0.15) is 0 Å². The van der Waals surface area contributed by atoms with Gasteiger partial charge in [0, 0.05) is 4.88 Å². The van der Waals surface area contributed by atoms with Crippen LogP contribution in [-0.2, 0) is 0 Å². The summed E-state index contributed by atoms with van der Waals surface area (Å²) < 4.78 is 0. The highest BCUT2D eigenvalue weighted by molar-refractivity contribution is 7.15. The fourth-order valence-electron chi connectivity index (χ4n) is 1.12. The Morgan fingerprint density at radius 3 is 2.50 bits per heavy atom. The van der Waals surface area contributed by atoms with Crippen LogP contribution in [0.15, 0.2) is 6.58 Å². The minimum absolute atomic E-state index is 0.0925. The number of ketones is 1. The SMILES string of the molecule is C=Cc1sc(O)c(C(C)=O)c1C. The first-order chi connectivity index (χ1) is 5.57. The molecule has 1 aromatic heterocycles. The van der Waals surface area contributed by atoms with Crippen molar-refractivity contribution in [2.45, 2.75) is 13.8 Å². The van der Waals surface area contributed by atoms with E-state index in [0.29, 0.717) is 5.56 Å². The van der Waals surface area contributed by atoms with Crippen LogP contribution in [0.4, 0.5) is 0 Å². The van der Waals surface area contributed by atoms with Gasteiger partial charge in [0.2, 0.25) is 0 Å². The highest BCUT2D eigenvalue weighted by atomic mass is 32.1. The van der Waals surface area contributed by atoms with E-state index in [-0.39, 0.29) is 10.8 Å². The standard InChI is InChI=1S/C9H10O2S/c1-4-7-5(2)8(6(3)10)9(11)12-7/h4,11H,1H2,2-3H3. The molecule has 1 heterocycles. The molecule has 64 valence electrons. The van der Waals surface area contributed by atoms with E-state index in [9.17, 15) is 9.90 Å². The molecule has 2 nitrogen and oxygen atoms in total. The number of carbonyl (C=O) groups is 1. The van der Waals surface area contributed by atoms with Crippen LogP contribution in [0.2, 0.25) is 0 Å². The van der Waals surface area contributed by atoms with Gasteiger partial charge in [0.25, 0.3) is 0 Å². The molecular weight excluding hydrogens is 172 g/mol. The summed E-state index contributed by atoms with van der Waals surface area (Å²) in [4.78, 5) is 11.9. The van der Waals surface area contributed by atoms with Crippen LogP contribution >= 0.6 is 11.3 Å². The van der Waals surface area contributed by atoms with Crippen molar-refractivity contribution in [1.82, 2.24) is 0 Å². The summed E-state index contributed by atoms with van der Waals surface area (Å²) in [6, 6.07) is 0. The van der Waals surface area contributed by atoms with Crippen LogP contribution in [-0.4, -0.2) is 10.9 Å². The maximum Gasteiger partial charge on any atom is 0.183 e. The summed E-state index contributed by atoms with van der Waals surface area (Å²) in [6.45, 7) is 6.85. The summed E-state index contributed by atoms with van der Waals surface area (Å²) in [5.41, 5.74) is 1.25. The Morgan fingerprint density at radius 1 is 1.67 bits per heavy atom. The van der Waals surface area contributed by atoms with Crippen molar-refractivity contribution in [2.75, 3.05) is 0 Å². The maximum absolute atomic E-state index is 11.0. The lowest BCUT2D eigenvalue weighted by molar-refractivity contribution is 0.101. The number of Topliss-reactive ketones (excluding diaryl/α,β-unsaturated/α-hetero) is 1. The smallest absolute Gasteiger partial charge is 0.183 e. The first kappa shape index (κ1) is 9.00.